The van der Waals surface area contributed by atoms with Crippen molar-refractivity contribution in [2.45, 2.75) is 6.42 Å². The van der Waals surface area contributed by atoms with Crippen molar-refractivity contribution in [2.75, 3.05) is 0 Å². The molecule has 0 fully saturated rings. The molecule has 6 nitrogen and oxygen atoms in total. The lowest BCUT2D eigenvalue weighted by molar-refractivity contribution is 0.0996. The third-order valence-electron chi connectivity index (χ3n) is 2.28. The number of aromatic nitrogens is 4. The number of carbonyl (C=O) groups is 1. The molecule has 0 unspecified atom stereocenters. The van der Waals surface area contributed by atoms with Gasteiger partial charge in [-0.2, -0.15) is 5.10 Å². The van der Waals surface area contributed by atoms with Crippen molar-refractivity contribution in [1.29, 1.82) is 0 Å². The number of carbonyl (C=O) groups excluding carboxylic acids is 1. The van der Waals surface area contributed by atoms with Gasteiger partial charge in [0.25, 0.3) is 5.91 Å². The second-order valence-corrected chi connectivity index (χ2v) is 3.08. The molecule has 0 saturated heterocycles. The highest BCUT2D eigenvalue weighted by Crippen LogP contribution is 2.36. The molecule has 68 valence electrons. The summed E-state index contributed by atoms with van der Waals surface area (Å²) in [7, 11) is 0. The van der Waals surface area contributed by atoms with Crippen LogP contribution in [0, 0.1) is 0 Å². The fourth-order valence-electron chi connectivity index (χ4n) is 1.59. The summed E-state index contributed by atoms with van der Waals surface area (Å²) in [5.41, 5.74) is 8.34. The summed E-state index contributed by atoms with van der Waals surface area (Å²) in [6.45, 7) is 0. The van der Waals surface area contributed by atoms with Crippen LogP contribution in [-0.4, -0.2) is 26.1 Å². The average molecular weight is 187 g/mol. The Morgan fingerprint density at radius 1 is 1.29 bits per heavy atom. The van der Waals surface area contributed by atoms with E-state index in [1.54, 1.807) is 0 Å². The lowest BCUT2D eigenvalue weighted by Crippen LogP contribution is -2.14. The van der Waals surface area contributed by atoms with E-state index >= 15 is 0 Å². The molecule has 0 spiro atoms. The number of hydrogen-bond acceptors (Lipinski definition) is 5. The van der Waals surface area contributed by atoms with Crippen LogP contribution in [0.3, 0.4) is 0 Å². The van der Waals surface area contributed by atoms with Crippen LogP contribution in [0.5, 0.6) is 0 Å². The zero-order chi connectivity index (χ0) is 9.71. The van der Waals surface area contributed by atoms with Crippen LogP contribution in [0.1, 0.15) is 21.9 Å². The highest BCUT2D eigenvalue weighted by Gasteiger charge is 2.30. The molecule has 0 aromatic rings. The third-order valence-corrected chi connectivity index (χ3v) is 2.28. The molecule has 3 aliphatic rings. The van der Waals surface area contributed by atoms with Crippen LogP contribution in [0.2, 0.25) is 0 Å². The number of hydrogen-bond donors (Lipinski definition) is 1. The Balaban J connectivity index is 2.37. The maximum Gasteiger partial charge on any atom is 0.269 e. The van der Waals surface area contributed by atoms with Crippen LogP contribution in [0.4, 0.5) is 0 Å². The van der Waals surface area contributed by atoms with Gasteiger partial charge in [0.05, 0.1) is 17.0 Å². The summed E-state index contributed by atoms with van der Waals surface area (Å²) in [4.78, 5) is 19.0. The van der Waals surface area contributed by atoms with Crippen molar-refractivity contribution in [3.05, 3.63) is 23.4 Å². The SMILES string of the molecule is NC(=O)c1ncnc2c3c(nnc1-3)C2. The lowest BCUT2D eigenvalue weighted by atomic mass is 9.93. The molecule has 14 heavy (non-hydrogen) atoms. The second kappa shape index (κ2) is 2.22. The molecular weight excluding hydrogens is 182 g/mol. The molecular formula is C8H5N5O. The number of primary amides is 1. The first-order chi connectivity index (χ1) is 6.77. The molecule has 0 saturated carbocycles. The zero-order valence-corrected chi connectivity index (χ0v) is 7.06. The Kier molecular flexibility index (Phi) is 1.16. The Labute approximate surface area is 78.5 Å². The molecule has 2 aliphatic heterocycles. The number of rotatable bonds is 1. The lowest BCUT2D eigenvalue weighted by Gasteiger charge is -2.10. The maximum absolute atomic E-state index is 11.0. The summed E-state index contributed by atoms with van der Waals surface area (Å²) < 4.78 is 0. The molecule has 0 bridgehead atoms. The molecule has 1 aliphatic carbocycles. The van der Waals surface area contributed by atoms with Gasteiger partial charge in [-0.3, -0.25) is 4.79 Å². The standard InChI is InChI=1S/C8H5N5O/c9-8(14)7-6-5-3(10-2-11-7)1-4(5)12-13-6/h2H,1H2,(H2,9,14). The largest absolute Gasteiger partial charge is 0.364 e. The fourth-order valence-corrected chi connectivity index (χ4v) is 1.59. The second-order valence-electron chi connectivity index (χ2n) is 3.08. The van der Waals surface area contributed by atoms with Crippen molar-refractivity contribution in [1.82, 2.24) is 20.2 Å². The van der Waals surface area contributed by atoms with Crippen LogP contribution in [-0.2, 0) is 6.42 Å². The molecule has 0 aromatic carbocycles. The van der Waals surface area contributed by atoms with Gasteiger partial charge in [0.15, 0.2) is 5.69 Å². The minimum Gasteiger partial charge on any atom is -0.364 e. The van der Waals surface area contributed by atoms with Gasteiger partial charge in [-0.15, -0.1) is 5.10 Å². The Morgan fingerprint density at radius 2 is 2.14 bits per heavy atom. The van der Waals surface area contributed by atoms with Gasteiger partial charge in [-0.1, -0.05) is 0 Å². The van der Waals surface area contributed by atoms with Crippen LogP contribution in [0.15, 0.2) is 6.33 Å². The van der Waals surface area contributed by atoms with Crippen molar-refractivity contribution >= 4 is 5.91 Å². The number of amides is 1. The van der Waals surface area contributed by atoms with E-state index in [2.05, 4.69) is 20.2 Å². The van der Waals surface area contributed by atoms with Crippen molar-refractivity contribution in [3.63, 3.8) is 0 Å². The summed E-state index contributed by atoms with van der Waals surface area (Å²) in [6.07, 6.45) is 2.03. The minimum atomic E-state index is -0.604. The Morgan fingerprint density at radius 3 is 2.93 bits per heavy atom. The van der Waals surface area contributed by atoms with Crippen LogP contribution in [0.25, 0.3) is 11.3 Å². The van der Waals surface area contributed by atoms with Gasteiger partial charge in [-0.25, -0.2) is 9.97 Å². The van der Waals surface area contributed by atoms with E-state index in [-0.39, 0.29) is 5.69 Å². The molecule has 2 N–H and O–H groups in total. The Hall–Kier alpha value is -2.11. The first kappa shape index (κ1) is 7.31. The van der Waals surface area contributed by atoms with E-state index < -0.39 is 5.91 Å². The number of nitrogens with zero attached hydrogens (tertiary/aromatic N) is 4. The van der Waals surface area contributed by atoms with Crippen molar-refractivity contribution in [2.24, 2.45) is 5.73 Å². The van der Waals surface area contributed by atoms with E-state index in [1.165, 1.54) is 6.33 Å². The molecule has 6 heteroatoms. The summed E-state index contributed by atoms with van der Waals surface area (Å²) >= 11 is 0. The Bertz CT molecular complexity index is 524. The monoisotopic (exact) mass is 187 g/mol. The van der Waals surface area contributed by atoms with Crippen molar-refractivity contribution in [3.8, 4) is 11.3 Å². The van der Waals surface area contributed by atoms with Gasteiger partial charge in [-0.05, 0) is 0 Å². The van der Waals surface area contributed by atoms with E-state index in [4.69, 9.17) is 5.73 Å². The highest BCUT2D eigenvalue weighted by atomic mass is 16.1. The first-order valence-corrected chi connectivity index (χ1v) is 4.06. The molecule has 3 rings (SSSR count). The number of nitrogens with two attached hydrogens (primary N) is 1. The average Bonchev–Trinajstić information content (AvgIpc) is 2.36. The summed E-state index contributed by atoms with van der Waals surface area (Å²) in [6, 6.07) is 0. The zero-order valence-electron chi connectivity index (χ0n) is 7.06. The highest BCUT2D eigenvalue weighted by molar-refractivity contribution is 5.98. The normalized spacial score (nSPS) is 12.6. The molecule has 2 heterocycles. The van der Waals surface area contributed by atoms with E-state index in [1.807, 2.05) is 0 Å². The van der Waals surface area contributed by atoms with Gasteiger partial charge in [0.1, 0.15) is 12.0 Å². The fraction of sp³-hybridized carbons (Fsp3) is 0.125. The van der Waals surface area contributed by atoms with E-state index in [0.29, 0.717) is 12.1 Å². The minimum absolute atomic E-state index is 0.136. The predicted octanol–water partition coefficient (Wildman–Crippen LogP) is -0.626. The third kappa shape index (κ3) is 0.723. The van der Waals surface area contributed by atoms with Crippen LogP contribution < -0.4 is 5.73 Å². The predicted molar refractivity (Wildman–Crippen MR) is 45.6 cm³/mol. The summed E-state index contributed by atoms with van der Waals surface area (Å²) in [5.74, 6) is -0.604. The topological polar surface area (TPSA) is 94.7 Å². The smallest absolute Gasteiger partial charge is 0.269 e. The van der Waals surface area contributed by atoms with Crippen molar-refractivity contribution < 1.29 is 4.79 Å². The van der Waals surface area contributed by atoms with E-state index in [9.17, 15) is 4.79 Å². The molecule has 0 radical (unpaired) electrons. The van der Waals surface area contributed by atoms with Gasteiger partial charge >= 0.3 is 0 Å². The van der Waals surface area contributed by atoms with Crippen LogP contribution >= 0.6 is 0 Å². The van der Waals surface area contributed by atoms with Gasteiger partial charge in [0.2, 0.25) is 0 Å². The molecule has 1 amide bonds. The summed E-state index contributed by atoms with van der Waals surface area (Å²) in [5, 5.41) is 7.78. The molecule has 0 aromatic heterocycles. The first-order valence-electron chi connectivity index (χ1n) is 4.06. The van der Waals surface area contributed by atoms with E-state index in [0.717, 1.165) is 17.0 Å². The molecule has 0 atom stereocenters. The quantitative estimate of drug-likeness (QED) is 0.547. The van der Waals surface area contributed by atoms with Gasteiger partial charge < -0.3 is 5.73 Å². The maximum atomic E-state index is 11.0. The van der Waals surface area contributed by atoms with Gasteiger partial charge in [0, 0.05) is 6.42 Å².